The monoisotopic (exact) mass is 610 g/mol. The Labute approximate surface area is 269 Å². The molecule has 8 aromatic rings. The lowest BCUT2D eigenvalue weighted by atomic mass is 9.96. The Bertz CT molecular complexity index is 2440. The molecule has 0 amide bonds. The third-order valence-corrected chi connectivity index (χ3v) is 8.85. The van der Waals surface area contributed by atoms with Crippen LogP contribution in [0.25, 0.3) is 78.2 Å². The Morgan fingerprint density at radius 1 is 0.383 bits per heavy atom. The van der Waals surface area contributed by atoms with E-state index in [-0.39, 0.29) is 11.1 Å². The maximum Gasteiger partial charge on any atom is 0.299 e. The molecule has 0 spiro atoms. The van der Waals surface area contributed by atoms with Gasteiger partial charge in [0, 0.05) is 44.2 Å². The molecule has 4 nitrogen and oxygen atoms in total. The van der Waals surface area contributed by atoms with Gasteiger partial charge in [-0.1, -0.05) is 127 Å². The van der Waals surface area contributed by atoms with Gasteiger partial charge in [-0.25, -0.2) is 19.9 Å². The number of nitrogens with zero attached hydrogens (tertiary/aromatic N) is 4. The van der Waals surface area contributed by atoms with Crippen molar-refractivity contribution in [1.29, 1.82) is 0 Å². The van der Waals surface area contributed by atoms with Crippen molar-refractivity contribution >= 4 is 21.7 Å². The second kappa shape index (κ2) is 10.5. The topological polar surface area (TPSA) is 51.6 Å². The van der Waals surface area contributed by atoms with Gasteiger partial charge in [0.1, 0.15) is 0 Å². The van der Waals surface area contributed by atoms with Gasteiger partial charge < -0.3 is 0 Å². The van der Waals surface area contributed by atoms with Crippen LogP contribution in [0.15, 0.2) is 146 Å². The number of benzene rings is 6. The van der Waals surface area contributed by atoms with Crippen LogP contribution in [0, 0.1) is 0 Å². The molecule has 0 fully saturated rings. The third-order valence-electron chi connectivity index (χ3n) is 8.85. The van der Waals surface area contributed by atoms with Crippen molar-refractivity contribution < 1.29 is 8.78 Å². The zero-order valence-corrected chi connectivity index (χ0v) is 24.9. The Hall–Kier alpha value is -6.14. The summed E-state index contributed by atoms with van der Waals surface area (Å²) in [4.78, 5) is 19.2. The van der Waals surface area contributed by atoms with Crippen LogP contribution in [0.2, 0.25) is 0 Å². The third kappa shape index (κ3) is 4.41. The molecule has 0 saturated carbocycles. The molecule has 222 valence electrons. The van der Waals surface area contributed by atoms with E-state index in [1.54, 1.807) is 18.2 Å². The number of aromatic nitrogens is 4. The molecule has 0 N–H and O–H groups in total. The second-order valence-corrected chi connectivity index (χ2v) is 11.7. The van der Waals surface area contributed by atoms with E-state index in [1.807, 2.05) is 115 Å². The van der Waals surface area contributed by atoms with E-state index >= 15 is 8.78 Å². The molecule has 6 heteroatoms. The molecular formula is C41H24F2N4. The summed E-state index contributed by atoms with van der Waals surface area (Å²) < 4.78 is 33.0. The van der Waals surface area contributed by atoms with Crippen LogP contribution in [0.5, 0.6) is 0 Å². The molecule has 0 aliphatic heterocycles. The van der Waals surface area contributed by atoms with E-state index in [4.69, 9.17) is 19.9 Å². The Kier molecular flexibility index (Phi) is 6.05. The van der Waals surface area contributed by atoms with Gasteiger partial charge in [0.2, 0.25) is 0 Å². The summed E-state index contributed by atoms with van der Waals surface area (Å²) in [5, 5.41) is 2.99. The molecule has 2 aromatic heterocycles. The van der Waals surface area contributed by atoms with Crippen molar-refractivity contribution in [2.75, 3.05) is 0 Å². The Balaban J connectivity index is 1.17. The predicted octanol–water partition coefficient (Wildman–Crippen LogP) is 10.4. The highest BCUT2D eigenvalue weighted by Crippen LogP contribution is 2.53. The van der Waals surface area contributed by atoms with E-state index in [0.717, 1.165) is 32.8 Å². The molecular weight excluding hydrogens is 586 g/mol. The fraction of sp³-hybridized carbons (Fsp3) is 0.0244. The quantitative estimate of drug-likeness (QED) is 0.186. The van der Waals surface area contributed by atoms with Crippen molar-refractivity contribution in [2.24, 2.45) is 0 Å². The summed E-state index contributed by atoms with van der Waals surface area (Å²) in [5.74, 6) is -1.95. The van der Waals surface area contributed by atoms with Gasteiger partial charge in [0.15, 0.2) is 17.5 Å². The fourth-order valence-electron chi connectivity index (χ4n) is 6.57. The van der Waals surface area contributed by atoms with Crippen LogP contribution in [0.4, 0.5) is 8.78 Å². The number of fused-ring (bicyclic) bond motifs is 6. The minimum atomic E-state index is -3.24. The molecule has 0 saturated heterocycles. The number of para-hydroxylation sites is 1. The summed E-state index contributed by atoms with van der Waals surface area (Å²) in [6.45, 7) is 0. The number of hydrogen-bond acceptors (Lipinski definition) is 4. The first kappa shape index (κ1) is 27.2. The lowest BCUT2D eigenvalue weighted by molar-refractivity contribution is 0.0481. The summed E-state index contributed by atoms with van der Waals surface area (Å²) >= 11 is 0. The smallest absolute Gasteiger partial charge is 0.247 e. The van der Waals surface area contributed by atoms with Crippen molar-refractivity contribution in [3.05, 3.63) is 157 Å². The van der Waals surface area contributed by atoms with Crippen molar-refractivity contribution in [1.82, 2.24) is 19.9 Å². The number of halogens is 2. The van der Waals surface area contributed by atoms with E-state index in [9.17, 15) is 0 Å². The van der Waals surface area contributed by atoms with E-state index in [2.05, 4.69) is 6.07 Å². The highest BCUT2D eigenvalue weighted by atomic mass is 19.3. The minimum absolute atomic E-state index is 0.0354. The van der Waals surface area contributed by atoms with Crippen molar-refractivity contribution in [3.8, 4) is 56.5 Å². The lowest BCUT2D eigenvalue weighted by Crippen LogP contribution is -2.11. The SMILES string of the molecule is FC1(F)c2cc(-c3nc(-c4ccccc4)nc(-c4ccccc4)n3)ccc2-c2ccc(-c3nc4ccccc4c4ccccc34)cc21. The number of alkyl halides is 2. The van der Waals surface area contributed by atoms with Crippen molar-refractivity contribution in [3.63, 3.8) is 0 Å². The maximum atomic E-state index is 16.5. The Morgan fingerprint density at radius 3 is 1.47 bits per heavy atom. The van der Waals surface area contributed by atoms with Crippen LogP contribution in [0.3, 0.4) is 0 Å². The largest absolute Gasteiger partial charge is 0.299 e. The van der Waals surface area contributed by atoms with Gasteiger partial charge >= 0.3 is 0 Å². The molecule has 1 aliphatic rings. The van der Waals surface area contributed by atoms with Gasteiger partial charge in [-0.05, 0) is 34.7 Å². The molecule has 2 heterocycles. The highest BCUT2D eigenvalue weighted by Gasteiger charge is 2.45. The van der Waals surface area contributed by atoms with Gasteiger partial charge in [-0.3, -0.25) is 0 Å². The second-order valence-electron chi connectivity index (χ2n) is 11.7. The molecule has 47 heavy (non-hydrogen) atoms. The average molecular weight is 611 g/mol. The number of pyridine rings is 1. The van der Waals surface area contributed by atoms with Gasteiger partial charge in [-0.2, -0.15) is 8.78 Å². The van der Waals surface area contributed by atoms with Gasteiger partial charge in [-0.15, -0.1) is 0 Å². The molecule has 0 unspecified atom stereocenters. The molecule has 6 aromatic carbocycles. The first-order valence-electron chi connectivity index (χ1n) is 15.4. The fourth-order valence-corrected chi connectivity index (χ4v) is 6.57. The van der Waals surface area contributed by atoms with Crippen molar-refractivity contribution in [2.45, 2.75) is 5.92 Å². The van der Waals surface area contributed by atoms with Crippen LogP contribution in [0.1, 0.15) is 11.1 Å². The number of rotatable bonds is 4. The summed E-state index contributed by atoms with van der Waals surface area (Å²) in [7, 11) is 0. The zero-order valence-electron chi connectivity index (χ0n) is 24.9. The van der Waals surface area contributed by atoms with Crippen LogP contribution >= 0.6 is 0 Å². The summed E-state index contributed by atoms with van der Waals surface area (Å²) in [6, 6.07) is 45.5. The van der Waals surface area contributed by atoms with E-state index < -0.39 is 5.92 Å². The molecule has 9 rings (SSSR count). The molecule has 0 radical (unpaired) electrons. The van der Waals surface area contributed by atoms with E-state index in [1.165, 1.54) is 6.07 Å². The standard InChI is InChI=1S/C41H24F2N4/c42-41(43)34-23-27(37-33-17-8-7-15-29(33)32-16-9-10-18-36(32)44-37)19-21-30(34)31-22-20-28(24-35(31)41)40-46-38(25-11-3-1-4-12-25)45-39(47-40)26-13-5-2-6-14-26/h1-24H. The predicted molar refractivity (Wildman–Crippen MR) is 183 cm³/mol. The Morgan fingerprint density at radius 2 is 0.851 bits per heavy atom. The summed E-state index contributed by atoms with van der Waals surface area (Å²) in [5.41, 5.74) is 5.18. The van der Waals surface area contributed by atoms with Crippen LogP contribution in [-0.2, 0) is 5.92 Å². The highest BCUT2D eigenvalue weighted by molar-refractivity contribution is 6.11. The van der Waals surface area contributed by atoms with Gasteiger partial charge in [0.05, 0.1) is 11.2 Å². The minimum Gasteiger partial charge on any atom is -0.247 e. The van der Waals surface area contributed by atoms with E-state index in [0.29, 0.717) is 45.4 Å². The lowest BCUT2D eigenvalue weighted by Gasteiger charge is -2.15. The first-order valence-corrected chi connectivity index (χ1v) is 15.4. The van der Waals surface area contributed by atoms with Crippen LogP contribution < -0.4 is 0 Å². The number of hydrogen-bond donors (Lipinski definition) is 0. The normalized spacial score (nSPS) is 13.1. The van der Waals surface area contributed by atoms with Gasteiger partial charge in [0.25, 0.3) is 5.92 Å². The maximum absolute atomic E-state index is 16.5. The zero-order chi connectivity index (χ0) is 31.5. The molecule has 0 bridgehead atoms. The average Bonchev–Trinajstić information content (AvgIpc) is 3.36. The molecule has 0 atom stereocenters. The first-order chi connectivity index (χ1) is 23.0. The molecule has 1 aliphatic carbocycles. The van der Waals surface area contributed by atoms with Crippen LogP contribution in [-0.4, -0.2) is 19.9 Å². The summed E-state index contributed by atoms with van der Waals surface area (Å²) in [6.07, 6.45) is 0.